The van der Waals surface area contributed by atoms with Gasteiger partial charge in [-0.3, -0.25) is 4.79 Å². The van der Waals surface area contributed by atoms with Crippen LogP contribution in [0, 0.1) is 5.92 Å². The molecular weight excluding hydrogens is 290 g/mol. The zero-order chi connectivity index (χ0) is 16.2. The Labute approximate surface area is 136 Å². The van der Waals surface area contributed by atoms with E-state index in [1.807, 2.05) is 35.2 Å². The maximum absolute atomic E-state index is 12.7. The smallest absolute Gasteiger partial charge is 0.276 e. The summed E-state index contributed by atoms with van der Waals surface area (Å²) < 4.78 is 1.70. The lowest BCUT2D eigenvalue weighted by atomic mass is 9.92. The second kappa shape index (κ2) is 6.91. The highest BCUT2D eigenvalue weighted by Gasteiger charge is 2.30. The van der Waals surface area contributed by atoms with Crippen molar-refractivity contribution in [2.24, 2.45) is 11.7 Å². The third kappa shape index (κ3) is 3.59. The number of likely N-dealkylation sites (tertiary alicyclic amines) is 1. The number of aromatic nitrogens is 3. The molecule has 2 aromatic rings. The minimum absolute atomic E-state index is 0.0633. The molecule has 3 rings (SSSR count). The van der Waals surface area contributed by atoms with Gasteiger partial charge in [-0.15, -0.1) is 5.10 Å². The summed E-state index contributed by atoms with van der Waals surface area (Å²) >= 11 is 0. The summed E-state index contributed by atoms with van der Waals surface area (Å²) in [5, 5.41) is 8.14. The number of nitrogens with zero attached hydrogens (tertiary/aromatic N) is 4. The third-order valence-corrected chi connectivity index (χ3v) is 4.46. The van der Waals surface area contributed by atoms with Gasteiger partial charge in [0.05, 0.1) is 12.7 Å². The van der Waals surface area contributed by atoms with Crippen LogP contribution in [0.1, 0.15) is 35.8 Å². The Morgan fingerprint density at radius 3 is 2.87 bits per heavy atom. The van der Waals surface area contributed by atoms with Crippen LogP contribution >= 0.6 is 0 Å². The fraction of sp³-hybridized carbons (Fsp3) is 0.471. The van der Waals surface area contributed by atoms with Gasteiger partial charge >= 0.3 is 0 Å². The molecule has 2 N–H and O–H groups in total. The van der Waals surface area contributed by atoms with Gasteiger partial charge in [0.25, 0.3) is 5.91 Å². The molecule has 2 unspecified atom stereocenters. The zero-order valence-electron chi connectivity index (χ0n) is 13.4. The van der Waals surface area contributed by atoms with Crippen molar-refractivity contribution in [1.82, 2.24) is 19.9 Å². The highest BCUT2D eigenvalue weighted by Crippen LogP contribution is 2.23. The van der Waals surface area contributed by atoms with Crippen LogP contribution < -0.4 is 5.73 Å². The molecule has 1 aromatic carbocycles. The molecule has 2 atom stereocenters. The summed E-state index contributed by atoms with van der Waals surface area (Å²) in [4.78, 5) is 14.6. The molecule has 1 aromatic heterocycles. The van der Waals surface area contributed by atoms with Gasteiger partial charge < -0.3 is 10.6 Å². The van der Waals surface area contributed by atoms with Crippen molar-refractivity contribution in [2.75, 3.05) is 13.1 Å². The number of benzene rings is 1. The summed E-state index contributed by atoms with van der Waals surface area (Å²) in [6.45, 7) is 4.06. The number of carbonyl (C=O) groups excluding carboxylic acids is 1. The van der Waals surface area contributed by atoms with E-state index >= 15 is 0 Å². The third-order valence-electron chi connectivity index (χ3n) is 4.46. The molecule has 0 bridgehead atoms. The highest BCUT2D eigenvalue weighted by atomic mass is 16.2. The molecule has 1 aliphatic rings. The number of hydrogen-bond acceptors (Lipinski definition) is 4. The lowest BCUT2D eigenvalue weighted by Crippen LogP contribution is -2.49. The van der Waals surface area contributed by atoms with E-state index in [0.29, 0.717) is 24.7 Å². The Bertz CT molecular complexity index is 654. The fourth-order valence-corrected chi connectivity index (χ4v) is 3.13. The number of amides is 1. The van der Waals surface area contributed by atoms with E-state index in [2.05, 4.69) is 17.2 Å². The first-order valence-electron chi connectivity index (χ1n) is 8.12. The Morgan fingerprint density at radius 1 is 1.35 bits per heavy atom. The van der Waals surface area contributed by atoms with E-state index in [4.69, 9.17) is 5.73 Å². The number of carbonyl (C=O) groups is 1. The van der Waals surface area contributed by atoms with E-state index in [9.17, 15) is 4.79 Å². The highest BCUT2D eigenvalue weighted by molar-refractivity contribution is 5.92. The van der Waals surface area contributed by atoms with Gasteiger partial charge in [0.2, 0.25) is 0 Å². The molecule has 6 nitrogen and oxygen atoms in total. The molecule has 0 aliphatic carbocycles. The van der Waals surface area contributed by atoms with Crippen molar-refractivity contribution in [2.45, 2.75) is 32.4 Å². The topological polar surface area (TPSA) is 77.0 Å². The molecule has 0 spiro atoms. The lowest BCUT2D eigenvalue weighted by Gasteiger charge is -2.37. The SMILES string of the molecule is CC1CCN(C(=O)c2cn(Cc3ccccc3)nn2)C(CN)C1. The van der Waals surface area contributed by atoms with Crippen LogP contribution in [0.2, 0.25) is 0 Å². The van der Waals surface area contributed by atoms with Crippen LogP contribution in [-0.2, 0) is 6.54 Å². The lowest BCUT2D eigenvalue weighted by molar-refractivity contribution is 0.0567. The van der Waals surface area contributed by atoms with Gasteiger partial charge in [-0.1, -0.05) is 42.5 Å². The second-order valence-electron chi connectivity index (χ2n) is 6.30. The molecule has 1 aliphatic heterocycles. The molecule has 0 saturated carbocycles. The van der Waals surface area contributed by atoms with Gasteiger partial charge in [0.1, 0.15) is 0 Å². The van der Waals surface area contributed by atoms with Crippen molar-refractivity contribution in [3.8, 4) is 0 Å². The zero-order valence-corrected chi connectivity index (χ0v) is 13.4. The predicted octanol–water partition coefficient (Wildman–Crippen LogP) is 1.53. The van der Waals surface area contributed by atoms with E-state index in [1.165, 1.54) is 0 Å². The van der Waals surface area contributed by atoms with Gasteiger partial charge in [0, 0.05) is 19.1 Å². The Balaban J connectivity index is 1.70. The number of hydrogen-bond donors (Lipinski definition) is 1. The van der Waals surface area contributed by atoms with Gasteiger partial charge in [0.15, 0.2) is 5.69 Å². The van der Waals surface area contributed by atoms with E-state index < -0.39 is 0 Å². The van der Waals surface area contributed by atoms with Gasteiger partial charge in [-0.2, -0.15) is 0 Å². The molecular formula is C17H23N5O. The van der Waals surface area contributed by atoms with Crippen molar-refractivity contribution >= 4 is 5.91 Å². The van der Waals surface area contributed by atoms with Crippen molar-refractivity contribution < 1.29 is 4.79 Å². The second-order valence-corrected chi connectivity index (χ2v) is 6.30. The van der Waals surface area contributed by atoms with Gasteiger partial charge in [-0.25, -0.2) is 4.68 Å². The average Bonchev–Trinajstić information content (AvgIpc) is 3.03. The van der Waals surface area contributed by atoms with Crippen LogP contribution in [0.25, 0.3) is 0 Å². The Morgan fingerprint density at radius 2 is 2.13 bits per heavy atom. The van der Waals surface area contributed by atoms with Crippen molar-refractivity contribution in [1.29, 1.82) is 0 Å². The van der Waals surface area contributed by atoms with E-state index in [-0.39, 0.29) is 11.9 Å². The molecule has 1 saturated heterocycles. The van der Waals surface area contributed by atoms with Crippen molar-refractivity contribution in [3.05, 3.63) is 47.8 Å². The quantitative estimate of drug-likeness (QED) is 0.928. The number of nitrogens with two attached hydrogens (primary N) is 1. The first-order valence-corrected chi connectivity index (χ1v) is 8.12. The Kier molecular flexibility index (Phi) is 4.71. The van der Waals surface area contributed by atoms with E-state index in [1.54, 1.807) is 10.9 Å². The first kappa shape index (κ1) is 15.7. The maximum Gasteiger partial charge on any atom is 0.276 e. The minimum Gasteiger partial charge on any atom is -0.333 e. The summed E-state index contributed by atoms with van der Waals surface area (Å²) in [5.41, 5.74) is 7.37. The number of rotatable bonds is 4. The molecule has 0 radical (unpaired) electrons. The van der Waals surface area contributed by atoms with Crippen molar-refractivity contribution in [3.63, 3.8) is 0 Å². The first-order chi connectivity index (χ1) is 11.2. The van der Waals surface area contributed by atoms with Crippen LogP contribution in [0.3, 0.4) is 0 Å². The van der Waals surface area contributed by atoms with Crippen LogP contribution in [0.5, 0.6) is 0 Å². The average molecular weight is 313 g/mol. The largest absolute Gasteiger partial charge is 0.333 e. The molecule has 2 heterocycles. The number of piperidine rings is 1. The summed E-state index contributed by atoms with van der Waals surface area (Å²) in [5.74, 6) is 0.549. The minimum atomic E-state index is -0.0633. The normalized spacial score (nSPS) is 21.4. The summed E-state index contributed by atoms with van der Waals surface area (Å²) in [6, 6.07) is 10.1. The predicted molar refractivity (Wildman–Crippen MR) is 87.8 cm³/mol. The Hall–Kier alpha value is -2.21. The molecule has 6 heteroatoms. The molecule has 23 heavy (non-hydrogen) atoms. The van der Waals surface area contributed by atoms with Crippen LogP contribution in [0.4, 0.5) is 0 Å². The summed E-state index contributed by atoms with van der Waals surface area (Å²) in [7, 11) is 0. The standard InChI is InChI=1S/C17H23N5O/c1-13-7-8-22(15(9-13)10-18)17(23)16-12-21(20-19-16)11-14-5-3-2-4-6-14/h2-6,12-13,15H,7-11,18H2,1H3. The maximum atomic E-state index is 12.7. The molecule has 1 fully saturated rings. The molecule has 1 amide bonds. The summed E-state index contributed by atoms with van der Waals surface area (Å²) in [6.07, 6.45) is 3.70. The fourth-order valence-electron chi connectivity index (χ4n) is 3.13. The van der Waals surface area contributed by atoms with E-state index in [0.717, 1.165) is 24.9 Å². The molecule has 122 valence electrons. The van der Waals surface area contributed by atoms with Crippen LogP contribution in [-0.4, -0.2) is 44.9 Å². The van der Waals surface area contributed by atoms with Gasteiger partial charge in [-0.05, 0) is 24.3 Å². The van der Waals surface area contributed by atoms with Crippen LogP contribution in [0.15, 0.2) is 36.5 Å². The monoisotopic (exact) mass is 313 g/mol.